The second-order valence-corrected chi connectivity index (χ2v) is 8.58. The van der Waals surface area contributed by atoms with Crippen molar-refractivity contribution in [3.63, 3.8) is 0 Å². The van der Waals surface area contributed by atoms with Gasteiger partial charge in [-0.15, -0.1) is 0 Å². The lowest BCUT2D eigenvalue weighted by molar-refractivity contribution is 0.0926. The summed E-state index contributed by atoms with van der Waals surface area (Å²) < 4.78 is 10.6. The van der Waals surface area contributed by atoms with Gasteiger partial charge in [-0.3, -0.25) is 4.79 Å². The van der Waals surface area contributed by atoms with Crippen molar-refractivity contribution in [3.05, 3.63) is 59.9 Å². The number of aromatic nitrogens is 2. The Morgan fingerprint density at radius 2 is 2.03 bits per heavy atom. The van der Waals surface area contributed by atoms with E-state index < -0.39 is 0 Å². The predicted octanol–water partition coefficient (Wildman–Crippen LogP) is 2.26. The molecular weight excluding hydrogens is 462 g/mol. The van der Waals surface area contributed by atoms with E-state index in [0.29, 0.717) is 22.9 Å². The summed E-state index contributed by atoms with van der Waals surface area (Å²) in [5, 5.41) is 11.9. The summed E-state index contributed by atoms with van der Waals surface area (Å²) in [4.78, 5) is 33.8. The second kappa shape index (κ2) is 10.5. The van der Waals surface area contributed by atoms with Gasteiger partial charge in [0, 0.05) is 36.4 Å². The molecule has 1 aromatic heterocycles. The number of piperidine rings is 1. The Morgan fingerprint density at radius 3 is 2.89 bits per heavy atom. The number of urea groups is 1. The number of benzene rings is 2. The quantitative estimate of drug-likeness (QED) is 0.354. The smallest absolute Gasteiger partial charge is 0.319 e. The molecule has 186 valence electrons. The highest BCUT2D eigenvalue weighted by Gasteiger charge is 2.20. The third kappa shape index (κ3) is 5.47. The van der Waals surface area contributed by atoms with E-state index in [1.54, 1.807) is 18.2 Å². The van der Waals surface area contributed by atoms with Gasteiger partial charge in [-0.05, 0) is 43.1 Å². The van der Waals surface area contributed by atoms with Crippen LogP contribution in [0.1, 0.15) is 28.9 Å². The Hall–Kier alpha value is -4.38. The average Bonchev–Trinajstić information content (AvgIpc) is 3.36. The minimum Gasteiger partial charge on any atom is -0.454 e. The van der Waals surface area contributed by atoms with Crippen molar-refractivity contribution in [1.82, 2.24) is 25.9 Å². The van der Waals surface area contributed by atoms with Crippen molar-refractivity contribution in [2.75, 3.05) is 30.9 Å². The molecule has 1 unspecified atom stereocenters. The van der Waals surface area contributed by atoms with Crippen LogP contribution in [0.15, 0.2) is 48.7 Å². The van der Waals surface area contributed by atoms with Crippen LogP contribution in [-0.4, -0.2) is 47.8 Å². The molecule has 3 heterocycles. The molecule has 0 aliphatic carbocycles. The number of nitrogens with zero attached hydrogens (tertiary/aromatic N) is 2. The largest absolute Gasteiger partial charge is 0.454 e. The van der Waals surface area contributed by atoms with Gasteiger partial charge < -0.3 is 36.5 Å². The van der Waals surface area contributed by atoms with Crippen LogP contribution in [0.3, 0.4) is 0 Å². The van der Waals surface area contributed by atoms with Gasteiger partial charge in [0.2, 0.25) is 6.79 Å². The maximum Gasteiger partial charge on any atom is 0.319 e. The van der Waals surface area contributed by atoms with E-state index in [9.17, 15) is 9.59 Å². The first-order valence-corrected chi connectivity index (χ1v) is 11.7. The third-order valence-corrected chi connectivity index (χ3v) is 5.95. The number of hydrogen-bond donors (Lipinski definition) is 5. The van der Waals surface area contributed by atoms with Crippen molar-refractivity contribution in [3.8, 4) is 22.8 Å². The molecule has 5 rings (SSSR count). The molecule has 1 atom stereocenters. The molecule has 11 nitrogen and oxygen atoms in total. The molecule has 2 aromatic carbocycles. The number of hydrogen-bond acceptors (Lipinski definition) is 8. The van der Waals surface area contributed by atoms with Crippen molar-refractivity contribution >= 4 is 23.4 Å². The SMILES string of the molecule is Nc1ncc(-c2cccc(CNC(=O)Nc3ccc4c(c3)OCO4)c2)nc1C(=O)NC1CCCNC1. The van der Waals surface area contributed by atoms with E-state index in [4.69, 9.17) is 15.2 Å². The minimum absolute atomic E-state index is 0.0364. The summed E-state index contributed by atoms with van der Waals surface area (Å²) in [6.07, 6.45) is 3.44. The molecule has 2 aliphatic rings. The lowest BCUT2D eigenvalue weighted by atomic mass is 10.1. The lowest BCUT2D eigenvalue weighted by Gasteiger charge is -2.23. The molecule has 0 spiro atoms. The van der Waals surface area contributed by atoms with Gasteiger partial charge in [0.25, 0.3) is 5.91 Å². The molecular formula is C25H27N7O4. The Labute approximate surface area is 207 Å². The van der Waals surface area contributed by atoms with Crippen LogP contribution in [0.25, 0.3) is 11.3 Å². The van der Waals surface area contributed by atoms with Crippen LogP contribution >= 0.6 is 0 Å². The first-order valence-electron chi connectivity index (χ1n) is 11.7. The van der Waals surface area contributed by atoms with Crippen LogP contribution in [-0.2, 0) is 6.54 Å². The number of amides is 3. The highest BCUT2D eigenvalue weighted by Crippen LogP contribution is 2.34. The van der Waals surface area contributed by atoms with E-state index in [1.165, 1.54) is 6.20 Å². The molecule has 6 N–H and O–H groups in total. The number of fused-ring (bicyclic) bond motifs is 1. The minimum atomic E-state index is -0.359. The van der Waals surface area contributed by atoms with E-state index in [0.717, 1.165) is 37.1 Å². The van der Waals surface area contributed by atoms with Gasteiger partial charge >= 0.3 is 6.03 Å². The molecule has 11 heteroatoms. The zero-order valence-electron chi connectivity index (χ0n) is 19.5. The number of carbonyl (C=O) groups is 2. The standard InChI is InChI=1S/C25H27N7O4/c26-23-22(24(33)30-18-5-2-8-27-12-18)32-19(13-28-23)16-4-1-3-15(9-16)11-29-25(34)31-17-6-7-20-21(10-17)36-14-35-20/h1,3-4,6-7,9-10,13,18,27H,2,5,8,11-12,14H2,(H2,26,28)(H,30,33)(H2,29,31,34). The maximum absolute atomic E-state index is 12.8. The van der Waals surface area contributed by atoms with Crippen molar-refractivity contribution < 1.29 is 19.1 Å². The van der Waals surface area contributed by atoms with Crippen LogP contribution in [0.4, 0.5) is 16.3 Å². The number of nitrogen functional groups attached to an aromatic ring is 1. The van der Waals surface area contributed by atoms with Gasteiger partial charge in [0.15, 0.2) is 23.0 Å². The number of nitrogens with one attached hydrogen (secondary N) is 4. The Morgan fingerprint density at radius 1 is 1.14 bits per heavy atom. The van der Waals surface area contributed by atoms with Gasteiger partial charge in [-0.25, -0.2) is 14.8 Å². The van der Waals surface area contributed by atoms with Crippen LogP contribution in [0, 0.1) is 0 Å². The summed E-state index contributed by atoms with van der Waals surface area (Å²) in [6.45, 7) is 2.13. The fraction of sp³-hybridized carbons (Fsp3) is 0.280. The highest BCUT2D eigenvalue weighted by molar-refractivity contribution is 5.97. The Kier molecular flexibility index (Phi) is 6.80. The number of nitrogens with two attached hydrogens (primary N) is 1. The van der Waals surface area contributed by atoms with E-state index in [-0.39, 0.29) is 42.8 Å². The molecule has 0 bridgehead atoms. The Balaban J connectivity index is 1.22. The monoisotopic (exact) mass is 489 g/mol. The summed E-state index contributed by atoms with van der Waals surface area (Å²) in [6, 6.07) is 12.4. The van der Waals surface area contributed by atoms with Crippen LogP contribution < -0.4 is 36.5 Å². The molecule has 0 radical (unpaired) electrons. The average molecular weight is 490 g/mol. The maximum atomic E-state index is 12.8. The van der Waals surface area contributed by atoms with Crippen molar-refractivity contribution in [1.29, 1.82) is 0 Å². The molecule has 36 heavy (non-hydrogen) atoms. The summed E-state index contributed by atoms with van der Waals surface area (Å²) >= 11 is 0. The van der Waals surface area contributed by atoms with Gasteiger partial charge in [-0.2, -0.15) is 0 Å². The van der Waals surface area contributed by atoms with Crippen LogP contribution in [0.5, 0.6) is 11.5 Å². The highest BCUT2D eigenvalue weighted by atomic mass is 16.7. The van der Waals surface area contributed by atoms with Crippen molar-refractivity contribution in [2.45, 2.75) is 25.4 Å². The first-order chi connectivity index (χ1) is 17.5. The zero-order valence-corrected chi connectivity index (χ0v) is 19.5. The fourth-order valence-corrected chi connectivity index (χ4v) is 4.11. The first kappa shape index (κ1) is 23.4. The summed E-state index contributed by atoms with van der Waals surface area (Å²) in [5.74, 6) is 0.982. The Bertz CT molecular complexity index is 1280. The third-order valence-electron chi connectivity index (χ3n) is 5.95. The molecule has 3 amide bonds. The fourth-order valence-electron chi connectivity index (χ4n) is 4.11. The van der Waals surface area contributed by atoms with Gasteiger partial charge in [0.05, 0.1) is 11.9 Å². The van der Waals surface area contributed by atoms with E-state index in [1.807, 2.05) is 24.3 Å². The number of anilines is 2. The lowest BCUT2D eigenvalue weighted by Crippen LogP contribution is -2.46. The summed E-state index contributed by atoms with van der Waals surface area (Å²) in [7, 11) is 0. The number of rotatable bonds is 6. The summed E-state index contributed by atoms with van der Waals surface area (Å²) in [5.41, 5.74) is 8.78. The van der Waals surface area contributed by atoms with E-state index in [2.05, 4.69) is 31.2 Å². The second-order valence-electron chi connectivity index (χ2n) is 8.58. The zero-order chi connectivity index (χ0) is 24.9. The van der Waals surface area contributed by atoms with Crippen LogP contribution in [0.2, 0.25) is 0 Å². The number of carbonyl (C=O) groups excluding carboxylic acids is 2. The molecule has 1 saturated heterocycles. The molecule has 0 saturated carbocycles. The topological polar surface area (TPSA) is 153 Å². The predicted molar refractivity (Wildman–Crippen MR) is 134 cm³/mol. The van der Waals surface area contributed by atoms with Gasteiger partial charge in [0.1, 0.15) is 0 Å². The van der Waals surface area contributed by atoms with E-state index >= 15 is 0 Å². The number of ether oxygens (including phenoxy) is 2. The molecule has 1 fully saturated rings. The molecule has 2 aliphatic heterocycles. The molecule has 3 aromatic rings. The van der Waals surface area contributed by atoms with Crippen molar-refractivity contribution in [2.24, 2.45) is 0 Å². The van der Waals surface area contributed by atoms with Gasteiger partial charge in [-0.1, -0.05) is 18.2 Å². The normalized spacial score (nSPS) is 16.3.